The molecular formula is C18H28Cl2O3S. The Morgan fingerprint density at radius 3 is 2.00 bits per heavy atom. The van der Waals surface area contributed by atoms with Crippen molar-refractivity contribution in [2.45, 2.75) is 76.0 Å². The van der Waals surface area contributed by atoms with Crippen LogP contribution in [0.3, 0.4) is 0 Å². The first kappa shape index (κ1) is 21.6. The fourth-order valence-electron chi connectivity index (χ4n) is 2.56. The van der Waals surface area contributed by atoms with Crippen LogP contribution in [0.15, 0.2) is 23.1 Å². The zero-order valence-corrected chi connectivity index (χ0v) is 16.7. The topological polar surface area (TPSA) is 43.4 Å². The molecule has 0 aliphatic heterocycles. The maximum absolute atomic E-state index is 11.5. The van der Waals surface area contributed by atoms with Crippen LogP contribution in [0.4, 0.5) is 0 Å². The minimum Gasteiger partial charge on any atom is -0.492 e. The van der Waals surface area contributed by atoms with E-state index in [1.54, 1.807) is 12.1 Å². The van der Waals surface area contributed by atoms with E-state index in [9.17, 15) is 8.42 Å². The van der Waals surface area contributed by atoms with Gasteiger partial charge in [-0.15, -0.1) is 0 Å². The summed E-state index contributed by atoms with van der Waals surface area (Å²) in [4.78, 5) is -0.0660. The summed E-state index contributed by atoms with van der Waals surface area (Å²) in [5, 5.41) is 0.320. The molecule has 0 atom stereocenters. The average molecular weight is 395 g/mol. The van der Waals surface area contributed by atoms with Crippen molar-refractivity contribution in [2.24, 2.45) is 0 Å². The van der Waals surface area contributed by atoms with E-state index >= 15 is 0 Å². The van der Waals surface area contributed by atoms with Gasteiger partial charge in [0.15, 0.2) is 0 Å². The summed E-state index contributed by atoms with van der Waals surface area (Å²) in [6, 6.07) is 4.46. The van der Waals surface area contributed by atoms with Crippen LogP contribution in [0.5, 0.6) is 5.75 Å². The molecule has 1 aromatic rings. The van der Waals surface area contributed by atoms with Gasteiger partial charge in [-0.1, -0.05) is 76.3 Å². The Bertz CT molecular complexity index is 574. The number of ether oxygens (including phenoxy) is 1. The monoisotopic (exact) mass is 394 g/mol. The molecule has 0 radical (unpaired) electrons. The zero-order valence-electron chi connectivity index (χ0n) is 14.4. The average Bonchev–Trinajstić information content (AvgIpc) is 2.53. The molecule has 3 nitrogen and oxygen atoms in total. The van der Waals surface area contributed by atoms with Crippen molar-refractivity contribution in [3.8, 4) is 5.75 Å². The Morgan fingerprint density at radius 1 is 0.917 bits per heavy atom. The largest absolute Gasteiger partial charge is 0.492 e. The minimum absolute atomic E-state index is 0.0660. The van der Waals surface area contributed by atoms with Crippen LogP contribution in [0.25, 0.3) is 0 Å². The predicted octanol–water partition coefficient (Wildman–Crippen LogP) is 6.57. The van der Waals surface area contributed by atoms with Crippen LogP contribution >= 0.6 is 22.3 Å². The number of rotatable bonds is 13. The third-order valence-corrected chi connectivity index (χ3v) is 5.50. The molecule has 0 fully saturated rings. The van der Waals surface area contributed by atoms with Gasteiger partial charge >= 0.3 is 0 Å². The molecule has 0 unspecified atom stereocenters. The fraction of sp³-hybridized carbons (Fsp3) is 0.667. The fourth-order valence-corrected chi connectivity index (χ4v) is 3.80. The maximum Gasteiger partial charge on any atom is 0.265 e. The van der Waals surface area contributed by atoms with E-state index in [1.807, 2.05) is 0 Å². The van der Waals surface area contributed by atoms with Gasteiger partial charge in [-0.05, 0) is 24.6 Å². The quantitative estimate of drug-likeness (QED) is 0.280. The first-order valence-corrected chi connectivity index (χ1v) is 11.5. The third kappa shape index (κ3) is 9.14. The van der Waals surface area contributed by atoms with Crippen LogP contribution in [0.1, 0.15) is 71.1 Å². The van der Waals surface area contributed by atoms with Gasteiger partial charge in [-0.2, -0.15) is 0 Å². The van der Waals surface area contributed by atoms with E-state index < -0.39 is 9.05 Å². The standard InChI is InChI=1S/C18H28Cl2O3S/c1-2-3-4-5-6-7-8-9-10-11-14-23-17-13-12-16(19)15-18(17)24(20,21)22/h12-13,15H,2-11,14H2,1H3. The van der Waals surface area contributed by atoms with Crippen LogP contribution in [-0.2, 0) is 9.05 Å². The van der Waals surface area contributed by atoms with Gasteiger partial charge in [0.2, 0.25) is 0 Å². The first-order chi connectivity index (χ1) is 11.4. The molecule has 0 saturated carbocycles. The first-order valence-electron chi connectivity index (χ1n) is 8.82. The molecule has 0 N–H and O–H groups in total. The lowest BCUT2D eigenvalue weighted by Crippen LogP contribution is -2.02. The zero-order chi connectivity index (χ0) is 17.8. The summed E-state index contributed by atoms with van der Waals surface area (Å²) in [7, 11) is 1.55. The van der Waals surface area contributed by atoms with Crippen molar-refractivity contribution in [3.05, 3.63) is 23.2 Å². The highest BCUT2D eigenvalue weighted by Gasteiger charge is 2.17. The number of benzene rings is 1. The molecular weight excluding hydrogens is 367 g/mol. The van der Waals surface area contributed by atoms with Crippen LogP contribution in [0.2, 0.25) is 5.02 Å². The molecule has 0 spiro atoms. The van der Waals surface area contributed by atoms with Crippen molar-refractivity contribution in [1.82, 2.24) is 0 Å². The highest BCUT2D eigenvalue weighted by Crippen LogP contribution is 2.30. The van der Waals surface area contributed by atoms with E-state index in [1.165, 1.54) is 57.4 Å². The van der Waals surface area contributed by atoms with Gasteiger partial charge < -0.3 is 4.74 Å². The van der Waals surface area contributed by atoms with Crippen molar-refractivity contribution < 1.29 is 13.2 Å². The molecule has 6 heteroatoms. The van der Waals surface area contributed by atoms with Crippen molar-refractivity contribution in [2.75, 3.05) is 6.61 Å². The lowest BCUT2D eigenvalue weighted by Gasteiger charge is -2.10. The Balaban J connectivity index is 2.18. The van der Waals surface area contributed by atoms with E-state index in [0.29, 0.717) is 11.6 Å². The molecule has 0 amide bonds. The van der Waals surface area contributed by atoms with Gasteiger partial charge in [0.1, 0.15) is 10.6 Å². The lowest BCUT2D eigenvalue weighted by atomic mass is 10.1. The number of unbranched alkanes of at least 4 members (excludes halogenated alkanes) is 9. The predicted molar refractivity (Wildman–Crippen MR) is 102 cm³/mol. The molecule has 1 rings (SSSR count). The second kappa shape index (κ2) is 12.0. The molecule has 24 heavy (non-hydrogen) atoms. The van der Waals surface area contributed by atoms with Crippen molar-refractivity contribution >= 4 is 31.3 Å². The highest BCUT2D eigenvalue weighted by atomic mass is 35.7. The van der Waals surface area contributed by atoms with Crippen LogP contribution in [-0.4, -0.2) is 15.0 Å². The van der Waals surface area contributed by atoms with E-state index in [4.69, 9.17) is 27.0 Å². The SMILES string of the molecule is CCCCCCCCCCCCOc1ccc(Cl)cc1S(=O)(=O)Cl. The molecule has 0 bridgehead atoms. The lowest BCUT2D eigenvalue weighted by molar-refractivity contribution is 0.297. The Kier molecular flexibility index (Phi) is 10.8. The maximum atomic E-state index is 11.5. The van der Waals surface area contributed by atoms with Crippen molar-refractivity contribution in [1.29, 1.82) is 0 Å². The minimum atomic E-state index is -3.86. The molecule has 0 aliphatic rings. The normalized spacial score (nSPS) is 11.6. The second-order valence-electron chi connectivity index (χ2n) is 6.06. The summed E-state index contributed by atoms with van der Waals surface area (Å²) in [6.07, 6.45) is 12.4. The summed E-state index contributed by atoms with van der Waals surface area (Å²) >= 11 is 5.82. The van der Waals surface area contributed by atoms with Gasteiger partial charge in [0, 0.05) is 15.7 Å². The van der Waals surface area contributed by atoms with Crippen molar-refractivity contribution in [3.63, 3.8) is 0 Å². The van der Waals surface area contributed by atoms with Gasteiger partial charge in [-0.25, -0.2) is 8.42 Å². The second-order valence-corrected chi connectivity index (χ2v) is 9.03. The summed E-state index contributed by atoms with van der Waals surface area (Å²) in [5.41, 5.74) is 0. The van der Waals surface area contributed by atoms with Gasteiger partial charge in [-0.3, -0.25) is 0 Å². The van der Waals surface area contributed by atoms with E-state index in [-0.39, 0.29) is 10.6 Å². The van der Waals surface area contributed by atoms with Crippen LogP contribution in [0, 0.1) is 0 Å². The summed E-state index contributed by atoms with van der Waals surface area (Å²) < 4.78 is 28.6. The Labute approximate surface area is 156 Å². The molecule has 0 saturated heterocycles. The molecule has 138 valence electrons. The van der Waals surface area contributed by atoms with Gasteiger partial charge in [0.05, 0.1) is 6.61 Å². The van der Waals surface area contributed by atoms with Crippen LogP contribution < -0.4 is 4.74 Å². The number of halogens is 2. The summed E-state index contributed by atoms with van der Waals surface area (Å²) in [5.74, 6) is 0.269. The third-order valence-electron chi connectivity index (χ3n) is 3.92. The van der Waals surface area contributed by atoms with Gasteiger partial charge in [0.25, 0.3) is 9.05 Å². The molecule has 1 aromatic carbocycles. The Morgan fingerprint density at radius 2 is 1.46 bits per heavy atom. The van der Waals surface area contributed by atoms with E-state index in [2.05, 4.69) is 6.92 Å². The Hall–Kier alpha value is -0.450. The van der Waals surface area contributed by atoms with E-state index in [0.717, 1.165) is 12.8 Å². The number of hydrogen-bond acceptors (Lipinski definition) is 3. The summed E-state index contributed by atoms with van der Waals surface area (Å²) in [6.45, 7) is 2.72. The molecule has 0 heterocycles. The molecule has 0 aliphatic carbocycles. The number of hydrogen-bond donors (Lipinski definition) is 0. The highest BCUT2D eigenvalue weighted by molar-refractivity contribution is 8.13. The smallest absolute Gasteiger partial charge is 0.265 e. The molecule has 0 aromatic heterocycles.